The van der Waals surface area contributed by atoms with Crippen molar-refractivity contribution in [2.45, 2.75) is 155 Å². The minimum Gasteiger partial charge on any atom is -0.466 e. The number of ether oxygens (including phenoxy) is 2. The molecule has 1 N–H and O–H groups in total. The molecule has 1 rings (SSSR count). The molecule has 248 valence electrons. The number of allylic oxidation sites excluding steroid dienone is 1. The summed E-state index contributed by atoms with van der Waals surface area (Å²) < 4.78 is 11.4. The number of nitrogens with zero attached hydrogens (tertiary/aromatic N) is 1. The van der Waals surface area contributed by atoms with Crippen LogP contribution in [0, 0.1) is 0 Å². The van der Waals surface area contributed by atoms with Crippen molar-refractivity contribution < 1.29 is 19.4 Å². The van der Waals surface area contributed by atoms with Gasteiger partial charge in [-0.25, -0.2) is 0 Å². The van der Waals surface area contributed by atoms with Crippen molar-refractivity contribution in [1.29, 1.82) is 0 Å². The normalized spacial score (nSPS) is 11.3. The number of unbranched alkanes of at least 4 members (excludes halogenated alkanes) is 15. The molecule has 0 bridgehead atoms. The molecule has 5 nitrogen and oxygen atoms in total. The van der Waals surface area contributed by atoms with Crippen molar-refractivity contribution in [3.63, 3.8) is 0 Å². The molecule has 0 spiro atoms. The highest BCUT2D eigenvalue weighted by atomic mass is 16.5. The summed E-state index contributed by atoms with van der Waals surface area (Å²) >= 11 is 0. The second-order valence-electron chi connectivity index (χ2n) is 12.3. The van der Waals surface area contributed by atoms with Gasteiger partial charge in [0.2, 0.25) is 0 Å². The van der Waals surface area contributed by atoms with Gasteiger partial charge in [-0.1, -0.05) is 116 Å². The maximum atomic E-state index is 11.9. The predicted octanol–water partition coefficient (Wildman–Crippen LogP) is 10.2. The van der Waals surface area contributed by atoms with Gasteiger partial charge in [-0.3, -0.25) is 4.79 Å². The fourth-order valence-electron chi connectivity index (χ4n) is 5.50. The molecule has 0 aliphatic rings. The number of carbonyl (C=O) groups excluding carboxylic acids is 1. The maximum Gasteiger partial charge on any atom is 0.305 e. The molecule has 1 aromatic carbocycles. The average molecular weight is 602 g/mol. The van der Waals surface area contributed by atoms with Crippen LogP contribution in [0.15, 0.2) is 36.6 Å². The van der Waals surface area contributed by atoms with Gasteiger partial charge in [-0.05, 0) is 75.7 Å². The van der Waals surface area contributed by atoms with E-state index in [-0.39, 0.29) is 12.6 Å². The molecule has 0 heterocycles. The lowest BCUT2D eigenvalue weighted by molar-refractivity contribution is -0.143. The fraction of sp³-hybridized carbons (Fsp3) is 0.763. The predicted molar refractivity (Wildman–Crippen MR) is 183 cm³/mol. The third-order valence-electron chi connectivity index (χ3n) is 8.19. The van der Waals surface area contributed by atoms with Crippen molar-refractivity contribution in [1.82, 2.24) is 4.90 Å². The third-order valence-corrected chi connectivity index (χ3v) is 8.19. The van der Waals surface area contributed by atoms with Crippen LogP contribution in [0.3, 0.4) is 0 Å². The molecular formula is C38H67NO4. The van der Waals surface area contributed by atoms with E-state index in [0.717, 1.165) is 82.5 Å². The van der Waals surface area contributed by atoms with E-state index in [1.807, 2.05) is 6.07 Å². The Kier molecular flexibility index (Phi) is 26.3. The van der Waals surface area contributed by atoms with E-state index < -0.39 is 0 Å². The zero-order valence-corrected chi connectivity index (χ0v) is 28.2. The molecule has 0 saturated heterocycles. The van der Waals surface area contributed by atoms with Crippen LogP contribution in [0.2, 0.25) is 0 Å². The van der Waals surface area contributed by atoms with Gasteiger partial charge >= 0.3 is 5.97 Å². The molecule has 0 saturated carbocycles. The van der Waals surface area contributed by atoms with Gasteiger partial charge in [0.25, 0.3) is 0 Å². The number of hydrogen-bond acceptors (Lipinski definition) is 5. The number of aliphatic hydroxyl groups excluding tert-OH is 1. The number of hydrogen-bond donors (Lipinski definition) is 1. The highest BCUT2D eigenvalue weighted by Gasteiger charge is 2.06. The lowest BCUT2D eigenvalue weighted by Gasteiger charge is -2.21. The first-order valence-electron chi connectivity index (χ1n) is 18.0. The van der Waals surface area contributed by atoms with Gasteiger partial charge in [-0.15, -0.1) is 0 Å². The molecule has 0 atom stereocenters. The first kappa shape index (κ1) is 39.2. The van der Waals surface area contributed by atoms with Crippen molar-refractivity contribution >= 4 is 5.97 Å². The molecule has 5 heteroatoms. The van der Waals surface area contributed by atoms with E-state index in [4.69, 9.17) is 9.47 Å². The van der Waals surface area contributed by atoms with Crippen LogP contribution in [0.1, 0.15) is 154 Å². The summed E-state index contributed by atoms with van der Waals surface area (Å²) in [6.07, 6.45) is 25.1. The van der Waals surface area contributed by atoms with E-state index in [2.05, 4.69) is 43.5 Å². The van der Waals surface area contributed by atoms with Crippen molar-refractivity contribution in [2.24, 2.45) is 0 Å². The molecule has 43 heavy (non-hydrogen) atoms. The molecule has 0 unspecified atom stereocenters. The number of rotatable bonds is 31. The Morgan fingerprint density at radius 3 is 1.98 bits per heavy atom. The first-order valence-corrected chi connectivity index (χ1v) is 18.0. The van der Waals surface area contributed by atoms with Gasteiger partial charge in [0, 0.05) is 19.4 Å². The highest BCUT2D eigenvalue weighted by molar-refractivity contribution is 5.69. The SMILES string of the molecule is C=C(CCCCCCCN(CCO)CCCCCCCC(=O)OCCCCCCCC)Oc1cccc(CCCCC)c1. The van der Waals surface area contributed by atoms with Crippen LogP contribution in [0.4, 0.5) is 0 Å². The number of aliphatic hydroxyl groups is 1. The molecule has 0 aromatic heterocycles. The Balaban J connectivity index is 2.00. The van der Waals surface area contributed by atoms with Crippen LogP contribution in [-0.4, -0.2) is 48.8 Å². The topological polar surface area (TPSA) is 59.0 Å². The molecule has 0 aliphatic carbocycles. The summed E-state index contributed by atoms with van der Waals surface area (Å²) in [6.45, 7) is 12.3. The summed E-state index contributed by atoms with van der Waals surface area (Å²) in [5, 5.41) is 9.48. The zero-order valence-electron chi connectivity index (χ0n) is 28.2. The van der Waals surface area contributed by atoms with Gasteiger partial charge in [0.05, 0.1) is 19.0 Å². The van der Waals surface area contributed by atoms with E-state index in [1.54, 1.807) is 0 Å². The Hall–Kier alpha value is -1.85. The minimum atomic E-state index is -0.0280. The van der Waals surface area contributed by atoms with Crippen LogP contribution in [0.25, 0.3) is 0 Å². The Morgan fingerprint density at radius 2 is 1.30 bits per heavy atom. The van der Waals surface area contributed by atoms with Crippen LogP contribution < -0.4 is 4.74 Å². The molecule has 0 amide bonds. The van der Waals surface area contributed by atoms with E-state index in [1.165, 1.54) is 89.0 Å². The molecule has 0 radical (unpaired) electrons. The largest absolute Gasteiger partial charge is 0.466 e. The van der Waals surface area contributed by atoms with Crippen molar-refractivity contribution in [2.75, 3.05) is 32.8 Å². The second-order valence-corrected chi connectivity index (χ2v) is 12.3. The molecular weight excluding hydrogens is 534 g/mol. The van der Waals surface area contributed by atoms with Crippen molar-refractivity contribution in [3.8, 4) is 5.75 Å². The van der Waals surface area contributed by atoms with Gasteiger partial charge in [0.1, 0.15) is 5.75 Å². The van der Waals surface area contributed by atoms with Gasteiger partial charge in [-0.2, -0.15) is 0 Å². The van der Waals surface area contributed by atoms with Crippen LogP contribution in [0.5, 0.6) is 5.75 Å². The monoisotopic (exact) mass is 602 g/mol. The summed E-state index contributed by atoms with van der Waals surface area (Å²) in [7, 11) is 0. The molecule has 0 aliphatic heterocycles. The first-order chi connectivity index (χ1) is 21.1. The minimum absolute atomic E-state index is 0.0280. The van der Waals surface area contributed by atoms with Crippen LogP contribution >= 0.6 is 0 Å². The maximum absolute atomic E-state index is 11.9. The highest BCUT2D eigenvalue weighted by Crippen LogP contribution is 2.20. The lowest BCUT2D eigenvalue weighted by atomic mass is 10.1. The zero-order chi connectivity index (χ0) is 31.2. The third kappa shape index (κ3) is 24.2. The smallest absolute Gasteiger partial charge is 0.305 e. The molecule has 0 fully saturated rings. The second kappa shape index (κ2) is 28.9. The quantitative estimate of drug-likeness (QED) is 0.0521. The van der Waals surface area contributed by atoms with Crippen LogP contribution in [-0.2, 0) is 16.0 Å². The van der Waals surface area contributed by atoms with E-state index >= 15 is 0 Å². The van der Waals surface area contributed by atoms with Gasteiger partial charge in [0.15, 0.2) is 0 Å². The number of aryl methyl sites for hydroxylation is 1. The number of benzene rings is 1. The Bertz CT molecular complexity index is 796. The Labute approximate surface area is 265 Å². The summed E-state index contributed by atoms with van der Waals surface area (Å²) in [5.41, 5.74) is 1.35. The lowest BCUT2D eigenvalue weighted by Crippen LogP contribution is -2.29. The van der Waals surface area contributed by atoms with E-state index in [0.29, 0.717) is 13.0 Å². The van der Waals surface area contributed by atoms with Crippen molar-refractivity contribution in [3.05, 3.63) is 42.2 Å². The van der Waals surface area contributed by atoms with Gasteiger partial charge < -0.3 is 19.5 Å². The average Bonchev–Trinajstić information content (AvgIpc) is 3.00. The number of esters is 1. The summed E-state index contributed by atoms with van der Waals surface area (Å²) in [5.74, 6) is 1.75. The molecule has 1 aromatic rings. The summed E-state index contributed by atoms with van der Waals surface area (Å²) in [6, 6.07) is 8.47. The Morgan fingerprint density at radius 1 is 0.721 bits per heavy atom. The summed E-state index contributed by atoms with van der Waals surface area (Å²) in [4.78, 5) is 14.3. The van der Waals surface area contributed by atoms with E-state index in [9.17, 15) is 9.90 Å². The number of carbonyl (C=O) groups is 1. The fourth-order valence-corrected chi connectivity index (χ4v) is 5.50. The standard InChI is InChI=1S/C38H67NO4/c1-4-6-8-9-16-22-33-42-38(41)28-19-13-11-15-21-30-39(31-32-40)29-20-14-10-12-18-24-35(3)43-37-27-23-26-36(34-37)25-17-7-5-2/h23,26-27,34,40H,3-22,24-25,28-33H2,1-2H3.